The molecule has 136 valence electrons. The van der Waals surface area contributed by atoms with Gasteiger partial charge in [-0.1, -0.05) is 29.8 Å². The van der Waals surface area contributed by atoms with E-state index in [2.05, 4.69) is 0 Å². The number of ketones is 2. The van der Waals surface area contributed by atoms with E-state index >= 15 is 0 Å². The highest BCUT2D eigenvalue weighted by Gasteiger charge is 2.41. The molecule has 0 bridgehead atoms. The van der Waals surface area contributed by atoms with Gasteiger partial charge in [-0.2, -0.15) is 0 Å². The summed E-state index contributed by atoms with van der Waals surface area (Å²) < 4.78 is 14.2. The second-order valence-electron chi connectivity index (χ2n) is 6.17. The average molecular weight is 378 g/mol. The first kappa shape index (κ1) is 19.7. The molecule has 26 heavy (non-hydrogen) atoms. The number of nitro groups is 1. The van der Waals surface area contributed by atoms with Crippen LogP contribution in [0.25, 0.3) is 0 Å². The predicted octanol–water partition coefficient (Wildman–Crippen LogP) is 4.34. The lowest BCUT2D eigenvalue weighted by atomic mass is 9.71. The van der Waals surface area contributed by atoms with E-state index in [-0.39, 0.29) is 29.1 Å². The molecule has 0 amide bonds. The zero-order chi connectivity index (χ0) is 19.5. The Balaban J connectivity index is 2.47. The maximum absolute atomic E-state index is 14.2. The van der Waals surface area contributed by atoms with Gasteiger partial charge in [0.15, 0.2) is 0 Å². The molecule has 0 aliphatic rings. The summed E-state index contributed by atoms with van der Waals surface area (Å²) in [5.41, 5.74) is -0.931. The standard InChI is InChI=1S/C19H17ClFNO4/c1-12(23)19(13(2)24,11-16-17(20)4-3-5-18(16)21)10-14-6-8-15(9-7-14)22(25)26/h3-9H,10-11H2,1-2H3. The molecule has 5 nitrogen and oxygen atoms in total. The number of benzene rings is 2. The molecule has 0 unspecified atom stereocenters. The number of hydrogen-bond acceptors (Lipinski definition) is 4. The van der Waals surface area contributed by atoms with Crippen LogP contribution in [0.1, 0.15) is 25.0 Å². The topological polar surface area (TPSA) is 77.3 Å². The Morgan fingerprint density at radius 2 is 1.65 bits per heavy atom. The molecule has 0 atom stereocenters. The van der Waals surface area contributed by atoms with Crippen molar-refractivity contribution in [3.63, 3.8) is 0 Å². The molecule has 0 spiro atoms. The second-order valence-corrected chi connectivity index (χ2v) is 6.58. The van der Waals surface area contributed by atoms with Crippen LogP contribution >= 0.6 is 11.6 Å². The smallest absolute Gasteiger partial charge is 0.269 e. The Kier molecular flexibility index (Phi) is 5.87. The van der Waals surface area contributed by atoms with Crippen LogP contribution in [0.5, 0.6) is 0 Å². The van der Waals surface area contributed by atoms with Gasteiger partial charge in [-0.05, 0) is 44.4 Å². The van der Waals surface area contributed by atoms with Gasteiger partial charge in [0.25, 0.3) is 5.69 Å². The summed E-state index contributed by atoms with van der Waals surface area (Å²) in [5, 5.41) is 10.9. The van der Waals surface area contributed by atoms with Crippen molar-refractivity contribution >= 4 is 28.9 Å². The highest BCUT2D eigenvalue weighted by Crippen LogP contribution is 2.34. The van der Waals surface area contributed by atoms with Gasteiger partial charge in [0.05, 0.1) is 10.3 Å². The van der Waals surface area contributed by atoms with Crippen molar-refractivity contribution in [2.24, 2.45) is 5.41 Å². The van der Waals surface area contributed by atoms with Crippen LogP contribution in [-0.4, -0.2) is 16.5 Å². The number of Topliss-reactive ketones (excluding diaryl/α,β-unsaturated/α-hetero) is 2. The van der Waals surface area contributed by atoms with E-state index in [4.69, 9.17) is 11.6 Å². The van der Waals surface area contributed by atoms with Crippen molar-refractivity contribution in [3.05, 3.63) is 74.5 Å². The molecule has 2 rings (SSSR count). The summed E-state index contributed by atoms with van der Waals surface area (Å²) in [4.78, 5) is 35.1. The summed E-state index contributed by atoms with van der Waals surface area (Å²) >= 11 is 6.07. The zero-order valence-electron chi connectivity index (χ0n) is 14.3. The molecule has 0 radical (unpaired) electrons. The maximum atomic E-state index is 14.2. The fourth-order valence-corrected chi connectivity index (χ4v) is 3.13. The van der Waals surface area contributed by atoms with E-state index in [0.29, 0.717) is 5.56 Å². The van der Waals surface area contributed by atoms with Gasteiger partial charge in [0.1, 0.15) is 17.4 Å². The van der Waals surface area contributed by atoms with Gasteiger partial charge in [-0.3, -0.25) is 19.7 Å². The van der Waals surface area contributed by atoms with E-state index in [1.165, 1.54) is 56.3 Å². The third-order valence-corrected chi connectivity index (χ3v) is 4.90. The first-order chi connectivity index (χ1) is 12.2. The van der Waals surface area contributed by atoms with E-state index in [0.717, 1.165) is 0 Å². The number of non-ortho nitro benzene ring substituents is 1. The third kappa shape index (κ3) is 3.96. The lowest BCUT2D eigenvalue weighted by molar-refractivity contribution is -0.384. The Bertz CT molecular complexity index is 830. The largest absolute Gasteiger partial charge is 0.299 e. The van der Waals surface area contributed by atoms with Crippen LogP contribution < -0.4 is 0 Å². The summed E-state index contributed by atoms with van der Waals surface area (Å²) in [6, 6.07) is 9.74. The van der Waals surface area contributed by atoms with E-state index in [9.17, 15) is 24.1 Å². The van der Waals surface area contributed by atoms with Gasteiger partial charge >= 0.3 is 0 Å². The van der Waals surface area contributed by atoms with Gasteiger partial charge in [0.2, 0.25) is 0 Å². The van der Waals surface area contributed by atoms with Crippen molar-refractivity contribution in [3.8, 4) is 0 Å². The minimum absolute atomic E-state index is 0.000322. The van der Waals surface area contributed by atoms with Crippen LogP contribution in [-0.2, 0) is 22.4 Å². The van der Waals surface area contributed by atoms with Gasteiger partial charge in [-0.15, -0.1) is 0 Å². The molecule has 0 aliphatic carbocycles. The highest BCUT2D eigenvalue weighted by molar-refractivity contribution is 6.31. The van der Waals surface area contributed by atoms with Gasteiger partial charge < -0.3 is 0 Å². The van der Waals surface area contributed by atoms with E-state index in [1.54, 1.807) is 0 Å². The molecule has 0 aromatic heterocycles. The Labute approximate surface area is 154 Å². The lowest BCUT2D eigenvalue weighted by Gasteiger charge is -2.29. The number of rotatable bonds is 7. The monoisotopic (exact) mass is 377 g/mol. The molecular formula is C19H17ClFNO4. The number of halogens is 2. The fourth-order valence-electron chi connectivity index (χ4n) is 2.90. The fraction of sp³-hybridized carbons (Fsp3) is 0.263. The normalized spacial score (nSPS) is 11.2. The first-order valence-electron chi connectivity index (χ1n) is 7.85. The van der Waals surface area contributed by atoms with Crippen molar-refractivity contribution in [1.82, 2.24) is 0 Å². The Morgan fingerprint density at radius 1 is 1.08 bits per heavy atom. The van der Waals surface area contributed by atoms with Crippen molar-refractivity contribution < 1.29 is 18.9 Å². The number of nitro benzene ring substituents is 1. The third-order valence-electron chi connectivity index (χ3n) is 4.54. The molecule has 0 N–H and O–H groups in total. The van der Waals surface area contributed by atoms with Crippen molar-refractivity contribution in [1.29, 1.82) is 0 Å². The van der Waals surface area contributed by atoms with Crippen LogP contribution in [0, 0.1) is 21.3 Å². The van der Waals surface area contributed by atoms with Crippen molar-refractivity contribution in [2.75, 3.05) is 0 Å². The van der Waals surface area contributed by atoms with Crippen LogP contribution in [0.2, 0.25) is 5.02 Å². The Morgan fingerprint density at radius 3 is 2.12 bits per heavy atom. The number of nitrogens with zero attached hydrogens (tertiary/aromatic N) is 1. The Hall–Kier alpha value is -2.60. The average Bonchev–Trinajstić information content (AvgIpc) is 2.57. The SMILES string of the molecule is CC(=O)C(Cc1ccc([N+](=O)[O-])cc1)(Cc1c(F)cccc1Cl)C(C)=O. The predicted molar refractivity (Wildman–Crippen MR) is 95.7 cm³/mol. The van der Waals surface area contributed by atoms with Crippen LogP contribution in [0.4, 0.5) is 10.1 Å². The molecule has 7 heteroatoms. The quantitative estimate of drug-likeness (QED) is 0.408. The number of hydrogen-bond donors (Lipinski definition) is 0. The number of carbonyl (C=O) groups excluding carboxylic acids is 2. The molecule has 0 fully saturated rings. The van der Waals surface area contributed by atoms with Gasteiger partial charge in [0, 0.05) is 22.7 Å². The molecular weight excluding hydrogens is 361 g/mol. The summed E-state index contributed by atoms with van der Waals surface area (Å²) in [5.74, 6) is -1.42. The lowest BCUT2D eigenvalue weighted by Crippen LogP contribution is -2.41. The van der Waals surface area contributed by atoms with E-state index < -0.39 is 27.7 Å². The summed E-state index contributed by atoms with van der Waals surface area (Å²) in [6.45, 7) is 2.56. The molecule has 0 aliphatic heterocycles. The van der Waals surface area contributed by atoms with Crippen molar-refractivity contribution in [2.45, 2.75) is 26.7 Å². The number of carbonyl (C=O) groups is 2. The summed E-state index contributed by atoms with van der Waals surface area (Å²) in [7, 11) is 0. The molecule has 0 heterocycles. The van der Waals surface area contributed by atoms with E-state index in [1.807, 2.05) is 0 Å². The first-order valence-corrected chi connectivity index (χ1v) is 8.23. The molecule has 0 saturated heterocycles. The molecule has 2 aromatic rings. The van der Waals surface area contributed by atoms with Crippen LogP contribution in [0.3, 0.4) is 0 Å². The van der Waals surface area contributed by atoms with Crippen LogP contribution in [0.15, 0.2) is 42.5 Å². The molecule has 0 saturated carbocycles. The zero-order valence-corrected chi connectivity index (χ0v) is 15.0. The minimum atomic E-state index is -1.50. The molecule has 2 aromatic carbocycles. The van der Waals surface area contributed by atoms with Gasteiger partial charge in [-0.25, -0.2) is 4.39 Å². The minimum Gasteiger partial charge on any atom is -0.299 e. The highest BCUT2D eigenvalue weighted by atomic mass is 35.5. The second kappa shape index (κ2) is 7.74. The summed E-state index contributed by atoms with van der Waals surface area (Å²) in [6.07, 6.45) is -0.180. The maximum Gasteiger partial charge on any atom is 0.269 e.